The van der Waals surface area contributed by atoms with E-state index in [0.29, 0.717) is 22.8 Å². The van der Waals surface area contributed by atoms with Crippen molar-refractivity contribution < 1.29 is 22.4 Å². The first-order valence-electron chi connectivity index (χ1n) is 9.03. The summed E-state index contributed by atoms with van der Waals surface area (Å²) in [5.74, 6) is -0.0780. The van der Waals surface area contributed by atoms with Crippen LogP contribution in [-0.2, 0) is 10.0 Å². The molecule has 3 N–H and O–H groups in total. The molecule has 3 rings (SSSR count). The number of aryl methyl sites for hydroxylation is 3. The molecule has 3 aromatic rings. The number of nitrogens with one attached hydrogen (secondary N) is 3. The van der Waals surface area contributed by atoms with E-state index in [1.165, 1.54) is 24.3 Å². The van der Waals surface area contributed by atoms with Gasteiger partial charge in [0.15, 0.2) is 0 Å². The van der Waals surface area contributed by atoms with Crippen LogP contribution in [-0.4, -0.2) is 20.2 Å². The van der Waals surface area contributed by atoms with Gasteiger partial charge in [0.2, 0.25) is 0 Å². The highest BCUT2D eigenvalue weighted by Crippen LogP contribution is 2.17. The number of furan rings is 1. The van der Waals surface area contributed by atoms with Gasteiger partial charge in [-0.25, -0.2) is 8.42 Å². The Kier molecular flexibility index (Phi) is 5.93. The van der Waals surface area contributed by atoms with Crippen LogP contribution in [0.1, 0.15) is 37.8 Å². The molecule has 0 unspecified atom stereocenters. The fourth-order valence-corrected chi connectivity index (χ4v) is 3.79. The number of carbonyl (C=O) groups is 2. The summed E-state index contributed by atoms with van der Waals surface area (Å²) in [6, 6.07) is 13.8. The van der Waals surface area contributed by atoms with Crippen LogP contribution in [0.5, 0.6) is 0 Å². The number of sulfonamides is 1. The molecular weight excluding hydrogens is 406 g/mol. The van der Waals surface area contributed by atoms with Gasteiger partial charge in [0.1, 0.15) is 11.5 Å². The monoisotopic (exact) mass is 427 g/mol. The number of hydrazine groups is 1. The van der Waals surface area contributed by atoms with Crippen molar-refractivity contribution in [3.63, 3.8) is 0 Å². The second kappa shape index (κ2) is 8.42. The summed E-state index contributed by atoms with van der Waals surface area (Å²) in [6.45, 7) is 5.26. The van der Waals surface area contributed by atoms with Gasteiger partial charge in [-0.1, -0.05) is 17.7 Å². The van der Waals surface area contributed by atoms with E-state index in [2.05, 4.69) is 15.6 Å². The maximum absolute atomic E-state index is 12.5. The third kappa shape index (κ3) is 4.87. The van der Waals surface area contributed by atoms with E-state index in [1.807, 2.05) is 6.92 Å². The zero-order valence-corrected chi connectivity index (χ0v) is 17.5. The molecule has 2 aromatic carbocycles. The molecule has 0 bridgehead atoms. The van der Waals surface area contributed by atoms with Crippen molar-refractivity contribution in [2.75, 3.05) is 4.72 Å². The van der Waals surface area contributed by atoms with Gasteiger partial charge in [0.25, 0.3) is 21.8 Å². The lowest BCUT2D eigenvalue weighted by atomic mass is 10.2. The van der Waals surface area contributed by atoms with E-state index in [0.717, 1.165) is 5.56 Å². The lowest BCUT2D eigenvalue weighted by Gasteiger charge is -2.10. The maximum atomic E-state index is 12.5. The number of hydrogen-bond acceptors (Lipinski definition) is 5. The van der Waals surface area contributed by atoms with Crippen molar-refractivity contribution in [2.45, 2.75) is 25.7 Å². The lowest BCUT2D eigenvalue weighted by Crippen LogP contribution is -2.41. The molecule has 9 heteroatoms. The fourth-order valence-electron chi connectivity index (χ4n) is 2.73. The Bertz CT molecular complexity index is 1180. The van der Waals surface area contributed by atoms with Crippen molar-refractivity contribution in [3.05, 3.63) is 82.8 Å². The summed E-state index contributed by atoms with van der Waals surface area (Å²) in [6.07, 6.45) is 0. The molecule has 30 heavy (non-hydrogen) atoms. The van der Waals surface area contributed by atoms with Gasteiger partial charge in [-0.15, -0.1) is 0 Å². The van der Waals surface area contributed by atoms with Crippen molar-refractivity contribution in [3.8, 4) is 0 Å². The van der Waals surface area contributed by atoms with E-state index in [4.69, 9.17) is 4.42 Å². The van der Waals surface area contributed by atoms with Crippen LogP contribution in [0, 0.1) is 20.8 Å². The SMILES string of the molecule is Cc1ccc(NS(=O)(=O)c2ccc(C(=O)NNC(=O)c3cc(C)oc3C)cc2)cc1. The first-order chi connectivity index (χ1) is 14.2. The van der Waals surface area contributed by atoms with Crippen LogP contribution in [0.25, 0.3) is 0 Å². The fraction of sp³-hybridized carbons (Fsp3) is 0.143. The van der Waals surface area contributed by atoms with E-state index in [1.54, 1.807) is 44.2 Å². The van der Waals surface area contributed by atoms with Gasteiger partial charge >= 0.3 is 0 Å². The summed E-state index contributed by atoms with van der Waals surface area (Å²) in [5, 5.41) is 0. The Morgan fingerprint density at radius 3 is 2.00 bits per heavy atom. The third-order valence-electron chi connectivity index (χ3n) is 4.31. The zero-order chi connectivity index (χ0) is 21.9. The standard InChI is InChI=1S/C21H21N3O5S/c1-13-4-8-17(9-5-13)24-30(27,28)18-10-6-16(7-11-18)20(25)22-23-21(26)19-12-14(2)29-15(19)3/h4-12,24H,1-3H3,(H,22,25)(H,23,26). The molecule has 0 atom stereocenters. The van der Waals surface area contributed by atoms with Crippen LogP contribution >= 0.6 is 0 Å². The van der Waals surface area contributed by atoms with Crippen molar-refractivity contribution in [2.24, 2.45) is 0 Å². The summed E-state index contributed by atoms with van der Waals surface area (Å²) in [7, 11) is -3.79. The predicted octanol–water partition coefficient (Wildman–Crippen LogP) is 3.08. The van der Waals surface area contributed by atoms with E-state index in [9.17, 15) is 18.0 Å². The molecule has 0 radical (unpaired) electrons. The highest BCUT2D eigenvalue weighted by Gasteiger charge is 2.17. The lowest BCUT2D eigenvalue weighted by molar-refractivity contribution is 0.0845. The van der Waals surface area contributed by atoms with Gasteiger partial charge in [-0.2, -0.15) is 0 Å². The molecule has 156 valence electrons. The van der Waals surface area contributed by atoms with Gasteiger partial charge in [0, 0.05) is 11.3 Å². The molecule has 0 fully saturated rings. The molecule has 0 aliphatic heterocycles. The van der Waals surface area contributed by atoms with Gasteiger partial charge < -0.3 is 4.42 Å². The van der Waals surface area contributed by atoms with E-state index < -0.39 is 21.8 Å². The van der Waals surface area contributed by atoms with Crippen LogP contribution in [0.4, 0.5) is 5.69 Å². The predicted molar refractivity (Wildman–Crippen MR) is 112 cm³/mol. The second-order valence-electron chi connectivity index (χ2n) is 6.73. The molecule has 0 aliphatic carbocycles. The topological polar surface area (TPSA) is 118 Å². The van der Waals surface area contributed by atoms with Gasteiger partial charge in [-0.3, -0.25) is 25.2 Å². The molecular formula is C21H21N3O5S. The molecule has 0 spiro atoms. The average Bonchev–Trinajstić information content (AvgIpc) is 3.05. The number of carbonyl (C=O) groups excluding carboxylic acids is 2. The van der Waals surface area contributed by atoms with E-state index >= 15 is 0 Å². The van der Waals surface area contributed by atoms with Gasteiger partial charge in [-0.05, 0) is 63.2 Å². The minimum absolute atomic E-state index is 0.00755. The highest BCUT2D eigenvalue weighted by molar-refractivity contribution is 7.92. The Morgan fingerprint density at radius 1 is 0.833 bits per heavy atom. The summed E-state index contributed by atoms with van der Waals surface area (Å²) >= 11 is 0. The van der Waals surface area contributed by atoms with Crippen molar-refractivity contribution >= 4 is 27.5 Å². The Hall–Kier alpha value is -3.59. The highest BCUT2D eigenvalue weighted by atomic mass is 32.2. The van der Waals surface area contributed by atoms with Crippen molar-refractivity contribution in [1.82, 2.24) is 10.9 Å². The minimum atomic E-state index is -3.79. The van der Waals surface area contributed by atoms with Gasteiger partial charge in [0.05, 0.1) is 10.5 Å². The molecule has 1 heterocycles. The average molecular weight is 427 g/mol. The normalized spacial score (nSPS) is 11.0. The number of rotatable bonds is 5. The number of amides is 2. The second-order valence-corrected chi connectivity index (χ2v) is 8.41. The first-order valence-corrected chi connectivity index (χ1v) is 10.5. The number of anilines is 1. The summed E-state index contributed by atoms with van der Waals surface area (Å²) < 4.78 is 32.8. The van der Waals surface area contributed by atoms with Crippen LogP contribution < -0.4 is 15.6 Å². The quantitative estimate of drug-likeness (QED) is 0.541. The minimum Gasteiger partial charge on any atom is -0.466 e. The maximum Gasteiger partial charge on any atom is 0.273 e. The molecule has 0 saturated carbocycles. The number of benzene rings is 2. The van der Waals surface area contributed by atoms with Crippen LogP contribution in [0.3, 0.4) is 0 Å². The molecule has 0 saturated heterocycles. The third-order valence-corrected chi connectivity index (χ3v) is 5.70. The molecule has 0 aliphatic rings. The first kappa shape index (κ1) is 21.1. The Labute approximate surface area is 174 Å². The Balaban J connectivity index is 1.64. The zero-order valence-electron chi connectivity index (χ0n) is 16.6. The summed E-state index contributed by atoms with van der Waals surface area (Å²) in [5.41, 5.74) is 6.55. The Morgan fingerprint density at radius 2 is 1.43 bits per heavy atom. The molecule has 8 nitrogen and oxygen atoms in total. The smallest absolute Gasteiger partial charge is 0.273 e. The van der Waals surface area contributed by atoms with E-state index in [-0.39, 0.29) is 10.5 Å². The van der Waals surface area contributed by atoms with Crippen LogP contribution in [0.15, 0.2) is 63.9 Å². The molecule has 2 amide bonds. The largest absolute Gasteiger partial charge is 0.466 e. The number of hydrogen-bond donors (Lipinski definition) is 3. The van der Waals surface area contributed by atoms with Crippen molar-refractivity contribution in [1.29, 1.82) is 0 Å². The summed E-state index contributed by atoms with van der Waals surface area (Å²) in [4.78, 5) is 24.4. The van der Waals surface area contributed by atoms with Crippen LogP contribution in [0.2, 0.25) is 0 Å². The molecule has 1 aromatic heterocycles.